The Bertz CT molecular complexity index is 216. The van der Waals surface area contributed by atoms with E-state index in [0.29, 0.717) is 6.42 Å². The van der Waals surface area contributed by atoms with Gasteiger partial charge in [0.15, 0.2) is 0 Å². The zero-order valence-corrected chi connectivity index (χ0v) is 9.86. The van der Waals surface area contributed by atoms with E-state index in [1.165, 1.54) is 0 Å². The summed E-state index contributed by atoms with van der Waals surface area (Å²) in [7, 11) is 3.78. The molecule has 0 aliphatic carbocycles. The summed E-state index contributed by atoms with van der Waals surface area (Å²) >= 11 is 0. The lowest BCUT2D eigenvalue weighted by atomic mass is 10.3. The van der Waals surface area contributed by atoms with Crippen LogP contribution in [0.15, 0.2) is 0 Å². The Hall–Kier alpha value is 0.200. The highest BCUT2D eigenvalue weighted by Crippen LogP contribution is 2.00. The summed E-state index contributed by atoms with van der Waals surface area (Å²) in [6.07, 6.45) is 2.94. The molecule has 0 fully saturated rings. The van der Waals surface area contributed by atoms with E-state index in [-0.39, 0.29) is 5.75 Å². The first kappa shape index (κ1) is 13.2. The largest absolute Gasteiger partial charge is 0.306 e. The van der Waals surface area contributed by atoms with E-state index in [9.17, 15) is 8.42 Å². The van der Waals surface area contributed by atoms with Crippen molar-refractivity contribution in [2.45, 2.75) is 26.2 Å². The first-order chi connectivity index (χ1) is 5.95. The molecule has 0 heterocycles. The van der Waals surface area contributed by atoms with E-state index in [2.05, 4.69) is 11.8 Å². The summed E-state index contributed by atoms with van der Waals surface area (Å²) < 4.78 is 21.1. The Balaban J connectivity index is 3.42. The second kappa shape index (κ2) is 6.62. The van der Waals surface area contributed by atoms with Crippen molar-refractivity contribution >= 4 is 19.7 Å². The zero-order valence-electron chi connectivity index (χ0n) is 8.29. The highest BCUT2D eigenvalue weighted by atomic mass is 35.7. The molecule has 0 aliphatic heterocycles. The van der Waals surface area contributed by atoms with Gasteiger partial charge >= 0.3 is 0 Å². The molecular formula is C8H18ClNO2S. The SMILES string of the molecule is CCCCN(C)CCCS(=O)(=O)Cl. The van der Waals surface area contributed by atoms with Gasteiger partial charge in [-0.25, -0.2) is 8.42 Å². The van der Waals surface area contributed by atoms with Crippen LogP contribution in [-0.4, -0.2) is 39.2 Å². The fourth-order valence-electron chi connectivity index (χ4n) is 1.05. The van der Waals surface area contributed by atoms with Crippen molar-refractivity contribution in [1.29, 1.82) is 0 Å². The number of halogens is 1. The third-order valence-electron chi connectivity index (χ3n) is 1.82. The van der Waals surface area contributed by atoms with Crippen LogP contribution in [-0.2, 0) is 9.05 Å². The average Bonchev–Trinajstić information content (AvgIpc) is 1.98. The van der Waals surface area contributed by atoms with Crippen LogP contribution in [0.5, 0.6) is 0 Å². The predicted molar refractivity (Wildman–Crippen MR) is 56.7 cm³/mol. The molecule has 3 nitrogen and oxygen atoms in total. The molecule has 0 spiro atoms. The molecule has 0 aromatic heterocycles. The third-order valence-corrected chi connectivity index (χ3v) is 3.06. The fraction of sp³-hybridized carbons (Fsp3) is 1.00. The van der Waals surface area contributed by atoms with Gasteiger partial charge < -0.3 is 4.90 Å². The summed E-state index contributed by atoms with van der Waals surface area (Å²) in [6, 6.07) is 0. The Morgan fingerprint density at radius 1 is 1.23 bits per heavy atom. The monoisotopic (exact) mass is 227 g/mol. The highest BCUT2D eigenvalue weighted by molar-refractivity contribution is 8.13. The van der Waals surface area contributed by atoms with Crippen molar-refractivity contribution < 1.29 is 8.42 Å². The van der Waals surface area contributed by atoms with Gasteiger partial charge in [-0.05, 0) is 33.0 Å². The van der Waals surface area contributed by atoms with Gasteiger partial charge in [-0.1, -0.05) is 13.3 Å². The first-order valence-electron chi connectivity index (χ1n) is 4.56. The Morgan fingerprint density at radius 3 is 2.23 bits per heavy atom. The molecular weight excluding hydrogens is 210 g/mol. The van der Waals surface area contributed by atoms with Crippen molar-refractivity contribution in [3.05, 3.63) is 0 Å². The number of nitrogens with zero attached hydrogens (tertiary/aromatic N) is 1. The smallest absolute Gasteiger partial charge is 0.232 e. The van der Waals surface area contributed by atoms with Gasteiger partial charge in [0, 0.05) is 10.7 Å². The minimum absolute atomic E-state index is 0.0744. The van der Waals surface area contributed by atoms with Crippen molar-refractivity contribution in [2.24, 2.45) is 0 Å². The van der Waals surface area contributed by atoms with E-state index >= 15 is 0 Å². The van der Waals surface area contributed by atoms with Crippen molar-refractivity contribution in [3.8, 4) is 0 Å². The van der Waals surface area contributed by atoms with Gasteiger partial charge in [-0.3, -0.25) is 0 Å². The maximum Gasteiger partial charge on any atom is 0.232 e. The van der Waals surface area contributed by atoms with E-state index in [0.717, 1.165) is 25.9 Å². The van der Waals surface area contributed by atoms with Gasteiger partial charge in [0.2, 0.25) is 9.05 Å². The molecule has 0 radical (unpaired) electrons. The lowest BCUT2D eigenvalue weighted by molar-refractivity contribution is 0.329. The lowest BCUT2D eigenvalue weighted by Crippen LogP contribution is -2.22. The van der Waals surface area contributed by atoms with Crippen LogP contribution in [0.2, 0.25) is 0 Å². The summed E-state index contributed by atoms with van der Waals surface area (Å²) in [6.45, 7) is 3.96. The second-order valence-electron chi connectivity index (χ2n) is 3.25. The van der Waals surface area contributed by atoms with Crippen LogP contribution in [0.3, 0.4) is 0 Å². The minimum atomic E-state index is -3.29. The van der Waals surface area contributed by atoms with Crippen molar-refractivity contribution in [1.82, 2.24) is 4.90 Å². The van der Waals surface area contributed by atoms with Crippen LogP contribution in [0.25, 0.3) is 0 Å². The van der Waals surface area contributed by atoms with E-state index < -0.39 is 9.05 Å². The number of unbranched alkanes of at least 4 members (excludes halogenated alkanes) is 1. The van der Waals surface area contributed by atoms with Gasteiger partial charge in [0.25, 0.3) is 0 Å². The molecule has 0 amide bonds. The van der Waals surface area contributed by atoms with Crippen LogP contribution >= 0.6 is 10.7 Å². The maximum absolute atomic E-state index is 10.6. The van der Waals surface area contributed by atoms with Crippen molar-refractivity contribution in [2.75, 3.05) is 25.9 Å². The Labute approximate surface area is 85.5 Å². The average molecular weight is 228 g/mol. The third kappa shape index (κ3) is 10.1. The molecule has 0 atom stereocenters. The molecule has 0 unspecified atom stereocenters. The number of hydrogen-bond donors (Lipinski definition) is 0. The molecule has 13 heavy (non-hydrogen) atoms. The normalized spacial score (nSPS) is 12.3. The molecule has 0 bridgehead atoms. The van der Waals surface area contributed by atoms with Crippen LogP contribution in [0, 0.1) is 0 Å². The molecule has 0 aromatic rings. The topological polar surface area (TPSA) is 37.4 Å². The summed E-state index contributed by atoms with van der Waals surface area (Å²) in [4.78, 5) is 2.13. The van der Waals surface area contributed by atoms with E-state index in [4.69, 9.17) is 10.7 Å². The minimum Gasteiger partial charge on any atom is -0.306 e. The maximum atomic E-state index is 10.6. The summed E-state index contributed by atoms with van der Waals surface area (Å²) in [5, 5.41) is 0. The molecule has 0 saturated carbocycles. The van der Waals surface area contributed by atoms with E-state index in [1.807, 2.05) is 7.05 Å². The van der Waals surface area contributed by atoms with Crippen LogP contribution < -0.4 is 0 Å². The van der Waals surface area contributed by atoms with E-state index in [1.54, 1.807) is 0 Å². The van der Waals surface area contributed by atoms with Crippen molar-refractivity contribution in [3.63, 3.8) is 0 Å². The van der Waals surface area contributed by atoms with Gasteiger partial charge in [-0.2, -0.15) is 0 Å². The summed E-state index contributed by atoms with van der Waals surface area (Å²) in [5.41, 5.74) is 0. The predicted octanol–water partition coefficient (Wildman–Crippen LogP) is 1.68. The first-order valence-corrected chi connectivity index (χ1v) is 7.04. The molecule has 0 aliphatic rings. The summed E-state index contributed by atoms with van der Waals surface area (Å²) in [5.74, 6) is 0.0744. The highest BCUT2D eigenvalue weighted by Gasteiger charge is 2.05. The second-order valence-corrected chi connectivity index (χ2v) is 6.15. The Kier molecular flexibility index (Phi) is 6.73. The molecule has 0 rings (SSSR count). The molecule has 0 aromatic carbocycles. The van der Waals surface area contributed by atoms with Gasteiger partial charge in [0.05, 0.1) is 5.75 Å². The standard InChI is InChI=1S/C8H18ClNO2S/c1-3-4-6-10(2)7-5-8-13(9,11)12/h3-8H2,1-2H3. The van der Waals surface area contributed by atoms with Gasteiger partial charge in [0.1, 0.15) is 0 Å². The fourth-order valence-corrected chi connectivity index (χ4v) is 1.85. The molecule has 0 saturated heterocycles. The van der Waals surface area contributed by atoms with Gasteiger partial charge in [-0.15, -0.1) is 0 Å². The number of rotatable bonds is 7. The lowest BCUT2D eigenvalue weighted by Gasteiger charge is -2.14. The molecule has 80 valence electrons. The van der Waals surface area contributed by atoms with Crippen LogP contribution in [0.4, 0.5) is 0 Å². The Morgan fingerprint density at radius 2 is 1.77 bits per heavy atom. The number of hydrogen-bond acceptors (Lipinski definition) is 3. The quantitative estimate of drug-likeness (QED) is 0.621. The molecule has 5 heteroatoms. The molecule has 0 N–H and O–H groups in total. The zero-order chi connectivity index (χ0) is 10.3. The van der Waals surface area contributed by atoms with Crippen LogP contribution in [0.1, 0.15) is 26.2 Å².